The molecule has 0 aliphatic heterocycles. The van der Waals surface area contributed by atoms with Crippen molar-refractivity contribution < 1.29 is 18.7 Å². The first kappa shape index (κ1) is 18.4. The molecule has 0 saturated carbocycles. The SMILES string of the molecule is COc1ccc(CCNC(=O)[C@H](C)Oc2ccc(-c3nnco3)cc2)cc1. The van der Waals surface area contributed by atoms with E-state index in [9.17, 15) is 4.79 Å². The number of amides is 1. The molecule has 0 saturated heterocycles. The number of nitrogens with zero attached hydrogens (tertiary/aromatic N) is 2. The maximum absolute atomic E-state index is 12.2. The monoisotopic (exact) mass is 367 g/mol. The van der Waals surface area contributed by atoms with Gasteiger partial charge in [0, 0.05) is 12.1 Å². The number of methoxy groups -OCH3 is 1. The molecular weight excluding hydrogens is 346 g/mol. The molecule has 0 spiro atoms. The number of rotatable bonds is 8. The topological polar surface area (TPSA) is 86.5 Å². The lowest BCUT2D eigenvalue weighted by Crippen LogP contribution is -2.37. The molecule has 7 heteroatoms. The minimum absolute atomic E-state index is 0.163. The molecule has 7 nitrogen and oxygen atoms in total. The average molecular weight is 367 g/mol. The maximum atomic E-state index is 12.2. The molecule has 1 N–H and O–H groups in total. The van der Waals surface area contributed by atoms with Gasteiger partial charge in [0.1, 0.15) is 11.5 Å². The predicted molar refractivity (Wildman–Crippen MR) is 99.5 cm³/mol. The average Bonchev–Trinajstić information content (AvgIpc) is 3.24. The number of ether oxygens (including phenoxy) is 2. The van der Waals surface area contributed by atoms with Gasteiger partial charge in [-0.25, -0.2) is 0 Å². The summed E-state index contributed by atoms with van der Waals surface area (Å²) in [6.45, 7) is 2.25. The van der Waals surface area contributed by atoms with Crippen LogP contribution in [0, 0.1) is 0 Å². The van der Waals surface area contributed by atoms with Gasteiger partial charge in [0.15, 0.2) is 6.10 Å². The molecular formula is C20H21N3O4. The van der Waals surface area contributed by atoms with Crippen LogP contribution in [0.5, 0.6) is 11.5 Å². The molecule has 27 heavy (non-hydrogen) atoms. The fourth-order valence-corrected chi connectivity index (χ4v) is 2.50. The third kappa shape index (κ3) is 5.07. The Hall–Kier alpha value is -3.35. The smallest absolute Gasteiger partial charge is 0.260 e. The molecule has 2 aromatic carbocycles. The van der Waals surface area contributed by atoms with E-state index in [0.29, 0.717) is 18.2 Å². The van der Waals surface area contributed by atoms with E-state index in [0.717, 1.165) is 23.3 Å². The van der Waals surface area contributed by atoms with E-state index in [-0.39, 0.29) is 5.91 Å². The summed E-state index contributed by atoms with van der Waals surface area (Å²) in [7, 11) is 1.63. The molecule has 0 aliphatic rings. The van der Waals surface area contributed by atoms with Crippen molar-refractivity contribution in [3.05, 3.63) is 60.5 Å². The summed E-state index contributed by atoms with van der Waals surface area (Å²) >= 11 is 0. The molecule has 140 valence electrons. The highest BCUT2D eigenvalue weighted by Crippen LogP contribution is 2.21. The minimum atomic E-state index is -0.602. The Bertz CT molecular complexity index is 846. The van der Waals surface area contributed by atoms with E-state index in [1.165, 1.54) is 6.39 Å². The Morgan fingerprint density at radius 2 is 1.81 bits per heavy atom. The third-order valence-electron chi connectivity index (χ3n) is 4.02. The van der Waals surface area contributed by atoms with Crippen molar-refractivity contribution in [2.75, 3.05) is 13.7 Å². The number of carbonyl (C=O) groups is 1. The van der Waals surface area contributed by atoms with Crippen molar-refractivity contribution in [3.63, 3.8) is 0 Å². The molecule has 0 bridgehead atoms. The Balaban J connectivity index is 1.45. The lowest BCUT2D eigenvalue weighted by molar-refractivity contribution is -0.127. The fourth-order valence-electron chi connectivity index (χ4n) is 2.50. The van der Waals surface area contributed by atoms with Gasteiger partial charge < -0.3 is 19.2 Å². The van der Waals surface area contributed by atoms with Gasteiger partial charge in [-0.05, 0) is 55.3 Å². The first-order valence-corrected chi connectivity index (χ1v) is 8.59. The summed E-state index contributed by atoms with van der Waals surface area (Å²) in [4.78, 5) is 12.2. The van der Waals surface area contributed by atoms with E-state index < -0.39 is 6.10 Å². The van der Waals surface area contributed by atoms with Crippen LogP contribution in [0.25, 0.3) is 11.5 Å². The predicted octanol–water partition coefficient (Wildman–Crippen LogP) is 2.87. The normalized spacial score (nSPS) is 11.6. The highest BCUT2D eigenvalue weighted by atomic mass is 16.5. The van der Waals surface area contributed by atoms with Gasteiger partial charge in [0.2, 0.25) is 12.3 Å². The summed E-state index contributed by atoms with van der Waals surface area (Å²) < 4.78 is 16.0. The molecule has 1 atom stereocenters. The molecule has 0 radical (unpaired) electrons. The minimum Gasteiger partial charge on any atom is -0.497 e. The number of nitrogens with one attached hydrogen (secondary N) is 1. The first-order valence-electron chi connectivity index (χ1n) is 8.59. The molecule has 3 aromatic rings. The Morgan fingerprint density at radius 3 is 2.44 bits per heavy atom. The highest BCUT2D eigenvalue weighted by molar-refractivity contribution is 5.80. The standard InChI is InChI=1S/C20H21N3O4/c1-14(19(24)21-12-11-15-3-7-17(25-2)8-4-15)27-18-9-5-16(6-10-18)20-23-22-13-26-20/h3-10,13-14H,11-12H2,1-2H3,(H,21,24)/t14-/m0/s1. The van der Waals surface area contributed by atoms with E-state index in [4.69, 9.17) is 13.9 Å². The quantitative estimate of drug-likeness (QED) is 0.659. The molecule has 0 aliphatic carbocycles. The Morgan fingerprint density at radius 1 is 1.11 bits per heavy atom. The second-order valence-electron chi connectivity index (χ2n) is 5.92. The van der Waals surface area contributed by atoms with Gasteiger partial charge >= 0.3 is 0 Å². The number of aromatic nitrogens is 2. The zero-order valence-corrected chi connectivity index (χ0v) is 15.2. The second-order valence-corrected chi connectivity index (χ2v) is 5.92. The van der Waals surface area contributed by atoms with E-state index in [1.54, 1.807) is 38.3 Å². The van der Waals surface area contributed by atoms with Gasteiger partial charge in [-0.15, -0.1) is 10.2 Å². The van der Waals surface area contributed by atoms with Crippen LogP contribution < -0.4 is 14.8 Å². The largest absolute Gasteiger partial charge is 0.497 e. The Labute approximate surface area is 157 Å². The summed E-state index contributed by atoms with van der Waals surface area (Å²) in [5.41, 5.74) is 1.91. The van der Waals surface area contributed by atoms with Crippen LogP contribution in [0.4, 0.5) is 0 Å². The van der Waals surface area contributed by atoms with Crippen molar-refractivity contribution in [1.82, 2.24) is 15.5 Å². The molecule has 1 aromatic heterocycles. The Kier molecular flexibility index (Phi) is 6.04. The van der Waals surface area contributed by atoms with E-state index >= 15 is 0 Å². The van der Waals surface area contributed by atoms with Crippen LogP contribution in [0.3, 0.4) is 0 Å². The second kappa shape index (κ2) is 8.84. The number of carbonyl (C=O) groups excluding carboxylic acids is 1. The van der Waals surface area contributed by atoms with E-state index in [2.05, 4.69) is 15.5 Å². The van der Waals surface area contributed by atoms with Crippen LogP contribution in [0.1, 0.15) is 12.5 Å². The van der Waals surface area contributed by atoms with Gasteiger partial charge in [0.05, 0.1) is 7.11 Å². The number of benzene rings is 2. The van der Waals surface area contributed by atoms with Crippen LogP contribution in [0.2, 0.25) is 0 Å². The van der Waals surface area contributed by atoms with Crippen LogP contribution in [-0.2, 0) is 11.2 Å². The van der Waals surface area contributed by atoms with Crippen molar-refractivity contribution in [1.29, 1.82) is 0 Å². The van der Waals surface area contributed by atoms with Gasteiger partial charge in [0.25, 0.3) is 5.91 Å². The summed E-state index contributed by atoms with van der Waals surface area (Å²) in [5, 5.41) is 10.4. The van der Waals surface area contributed by atoms with Crippen molar-refractivity contribution in [2.24, 2.45) is 0 Å². The fraction of sp³-hybridized carbons (Fsp3) is 0.250. The molecule has 0 fully saturated rings. The first-order chi connectivity index (χ1) is 13.2. The van der Waals surface area contributed by atoms with Gasteiger partial charge in [-0.3, -0.25) is 4.79 Å². The molecule has 1 amide bonds. The van der Waals surface area contributed by atoms with E-state index in [1.807, 2.05) is 24.3 Å². The highest BCUT2D eigenvalue weighted by Gasteiger charge is 2.14. The number of hydrogen-bond acceptors (Lipinski definition) is 6. The van der Waals surface area contributed by atoms with Gasteiger partial charge in [-0.1, -0.05) is 12.1 Å². The molecule has 1 heterocycles. The van der Waals surface area contributed by atoms with Crippen molar-refractivity contribution in [3.8, 4) is 23.0 Å². The van der Waals surface area contributed by atoms with Gasteiger partial charge in [-0.2, -0.15) is 0 Å². The van der Waals surface area contributed by atoms with Crippen LogP contribution in [-0.4, -0.2) is 35.9 Å². The summed E-state index contributed by atoms with van der Waals surface area (Å²) in [5.74, 6) is 1.68. The van der Waals surface area contributed by atoms with Crippen molar-refractivity contribution in [2.45, 2.75) is 19.4 Å². The zero-order valence-electron chi connectivity index (χ0n) is 15.2. The summed E-state index contributed by atoms with van der Waals surface area (Å²) in [6, 6.07) is 14.9. The number of hydrogen-bond donors (Lipinski definition) is 1. The van der Waals surface area contributed by atoms with Crippen LogP contribution in [0.15, 0.2) is 59.3 Å². The molecule has 3 rings (SSSR count). The zero-order chi connectivity index (χ0) is 19.1. The molecule has 0 unspecified atom stereocenters. The lowest BCUT2D eigenvalue weighted by Gasteiger charge is -2.15. The maximum Gasteiger partial charge on any atom is 0.260 e. The summed E-state index contributed by atoms with van der Waals surface area (Å²) in [6.07, 6.45) is 1.41. The van der Waals surface area contributed by atoms with Crippen LogP contribution >= 0.6 is 0 Å². The lowest BCUT2D eigenvalue weighted by atomic mass is 10.1. The van der Waals surface area contributed by atoms with Crippen molar-refractivity contribution >= 4 is 5.91 Å². The third-order valence-corrected chi connectivity index (χ3v) is 4.02.